The van der Waals surface area contributed by atoms with Crippen LogP contribution in [0.15, 0.2) is 45.2 Å². The first-order valence-corrected chi connectivity index (χ1v) is 16.1. The number of hydrogen-bond donors (Lipinski definition) is 1. The summed E-state index contributed by atoms with van der Waals surface area (Å²) < 4.78 is 31.1. The molecular weight excluding hydrogens is 559 g/mol. The molecule has 0 saturated carbocycles. The Labute approximate surface area is 251 Å². The first-order chi connectivity index (χ1) is 19.9. The van der Waals surface area contributed by atoms with Crippen LogP contribution < -0.4 is 11.2 Å². The molecule has 1 aromatic rings. The Morgan fingerprint density at radius 3 is 2.05 bits per heavy atom. The lowest BCUT2D eigenvalue weighted by molar-refractivity contribution is -0.150. The van der Waals surface area contributed by atoms with Crippen LogP contribution in [-0.4, -0.2) is 47.5 Å². The van der Waals surface area contributed by atoms with Gasteiger partial charge in [0.25, 0.3) is 5.56 Å². The van der Waals surface area contributed by atoms with Crippen LogP contribution in [0.4, 0.5) is 0 Å². The van der Waals surface area contributed by atoms with E-state index in [-0.39, 0.29) is 13.0 Å². The normalized spacial score (nSPS) is 20.5. The summed E-state index contributed by atoms with van der Waals surface area (Å²) in [6.07, 6.45) is 10.2. The van der Waals surface area contributed by atoms with Gasteiger partial charge in [-0.1, -0.05) is 37.1 Å². The highest BCUT2D eigenvalue weighted by Crippen LogP contribution is 2.42. The number of rotatable bonds is 19. The van der Waals surface area contributed by atoms with Crippen molar-refractivity contribution in [1.29, 1.82) is 0 Å². The van der Waals surface area contributed by atoms with Gasteiger partial charge in [0, 0.05) is 25.6 Å². The van der Waals surface area contributed by atoms with E-state index in [0.717, 1.165) is 38.5 Å². The van der Waals surface area contributed by atoms with E-state index in [0.29, 0.717) is 25.0 Å². The average molecular weight is 611 g/mol. The number of nitrogens with zero attached hydrogens (tertiary/aromatic N) is 1. The van der Waals surface area contributed by atoms with Gasteiger partial charge in [-0.25, -0.2) is 4.79 Å². The number of aromatic amines is 1. The maximum absolute atomic E-state index is 12.3. The van der Waals surface area contributed by atoms with Gasteiger partial charge in [0.15, 0.2) is 0 Å². The molecule has 0 spiro atoms. The van der Waals surface area contributed by atoms with Crippen molar-refractivity contribution in [2.45, 2.75) is 112 Å². The van der Waals surface area contributed by atoms with Crippen molar-refractivity contribution in [1.82, 2.24) is 9.55 Å². The van der Waals surface area contributed by atoms with Crippen molar-refractivity contribution in [3.8, 4) is 0 Å². The summed E-state index contributed by atoms with van der Waals surface area (Å²) in [7, 11) is -1.66. The molecule has 1 fully saturated rings. The van der Waals surface area contributed by atoms with Crippen molar-refractivity contribution in [2.24, 2.45) is 11.8 Å². The Bertz CT molecular complexity index is 1090. The van der Waals surface area contributed by atoms with Crippen molar-refractivity contribution in [2.75, 3.05) is 19.8 Å². The lowest BCUT2D eigenvalue weighted by Gasteiger charge is -2.22. The van der Waals surface area contributed by atoms with Gasteiger partial charge in [-0.15, -0.1) is 0 Å². The molecule has 2 rings (SSSR count). The summed E-state index contributed by atoms with van der Waals surface area (Å²) in [5.41, 5.74) is 1.56. The molecule has 1 saturated heterocycles. The van der Waals surface area contributed by atoms with Crippen LogP contribution in [-0.2, 0) is 27.8 Å². The minimum absolute atomic E-state index is 0.0600. The smallest absolute Gasteiger partial charge is 0.332 e. The number of ether oxygens (including phenoxy) is 2. The third-order valence-electron chi connectivity index (χ3n) is 7.04. The van der Waals surface area contributed by atoms with E-state index in [4.69, 9.17) is 23.0 Å². The van der Waals surface area contributed by atoms with Gasteiger partial charge in [0.2, 0.25) is 0 Å². The van der Waals surface area contributed by atoms with Crippen LogP contribution in [0.5, 0.6) is 0 Å². The summed E-state index contributed by atoms with van der Waals surface area (Å²) in [5, 5.41) is 0. The lowest BCUT2D eigenvalue weighted by Crippen LogP contribution is -2.32. The lowest BCUT2D eigenvalue weighted by atomic mass is 10.0. The number of nitrogens with one attached hydrogen (secondary N) is 1. The summed E-state index contributed by atoms with van der Waals surface area (Å²) >= 11 is 0. The predicted octanol–water partition coefficient (Wildman–Crippen LogP) is 6.58. The van der Waals surface area contributed by atoms with E-state index in [1.165, 1.54) is 34.9 Å². The number of esters is 1. The van der Waals surface area contributed by atoms with Gasteiger partial charge in [0.05, 0.1) is 19.8 Å². The Morgan fingerprint density at radius 2 is 1.55 bits per heavy atom. The zero-order chi connectivity index (χ0) is 31.1. The third kappa shape index (κ3) is 14.4. The zero-order valence-electron chi connectivity index (χ0n) is 26.4. The first-order valence-electron chi connectivity index (χ1n) is 15.0. The van der Waals surface area contributed by atoms with Gasteiger partial charge in [0.1, 0.15) is 18.4 Å². The van der Waals surface area contributed by atoms with E-state index in [1.807, 2.05) is 0 Å². The number of aromatic nitrogens is 2. The highest BCUT2D eigenvalue weighted by molar-refractivity contribution is 7.41. The van der Waals surface area contributed by atoms with Gasteiger partial charge >= 0.3 is 20.3 Å². The monoisotopic (exact) mass is 610 g/mol. The van der Waals surface area contributed by atoms with Crippen LogP contribution in [0, 0.1) is 11.8 Å². The van der Waals surface area contributed by atoms with Crippen molar-refractivity contribution in [3.05, 3.63) is 56.4 Å². The van der Waals surface area contributed by atoms with Gasteiger partial charge < -0.3 is 23.0 Å². The summed E-state index contributed by atoms with van der Waals surface area (Å²) in [6, 6.07) is 1.25. The molecule has 2 heterocycles. The van der Waals surface area contributed by atoms with Crippen molar-refractivity contribution in [3.63, 3.8) is 0 Å². The number of hydrogen-bond acceptors (Lipinski definition) is 8. The second kappa shape index (κ2) is 19.2. The molecule has 42 heavy (non-hydrogen) atoms. The molecule has 238 valence electrons. The predicted molar refractivity (Wildman–Crippen MR) is 165 cm³/mol. The fourth-order valence-electron chi connectivity index (χ4n) is 4.52. The molecule has 0 aliphatic carbocycles. The van der Waals surface area contributed by atoms with E-state index in [9.17, 15) is 14.4 Å². The van der Waals surface area contributed by atoms with Crippen LogP contribution in [0.25, 0.3) is 0 Å². The van der Waals surface area contributed by atoms with Crippen LogP contribution >= 0.6 is 8.60 Å². The molecular formula is C31H51N2O8P. The van der Waals surface area contributed by atoms with Crippen molar-refractivity contribution >= 4 is 14.6 Å². The topological polar surface area (TPSA) is 118 Å². The Balaban J connectivity index is 1.99. The molecule has 10 nitrogen and oxygen atoms in total. The molecule has 0 bridgehead atoms. The van der Waals surface area contributed by atoms with E-state index in [1.54, 1.807) is 0 Å². The molecule has 0 amide bonds. The second-order valence-electron chi connectivity index (χ2n) is 11.7. The standard InChI is InChI=1S/C31H51N2O8P/c1-22(2)10-8-12-24(5)15-18-37-42(38-19-16-25(6)13-9-11-23(3)4)39-21-28-27(40-26(7)34)20-30(41-28)33-17-14-29(35)32-31(33)36/h10-11,14,17,24-25,27-28,30H,8-9,12-13,15-16,18-21H2,1-7H3,(H,32,35,36)/t24?,25?,27-,28+,30+,42?/m0/s1. The molecule has 1 aliphatic heterocycles. The zero-order valence-corrected chi connectivity index (χ0v) is 27.3. The molecule has 1 N–H and O–H groups in total. The van der Waals surface area contributed by atoms with E-state index < -0.39 is 44.3 Å². The summed E-state index contributed by atoms with van der Waals surface area (Å²) in [4.78, 5) is 37.8. The van der Waals surface area contributed by atoms with Gasteiger partial charge in [-0.2, -0.15) is 0 Å². The van der Waals surface area contributed by atoms with Crippen LogP contribution in [0.3, 0.4) is 0 Å². The number of carbonyl (C=O) groups excluding carboxylic acids is 1. The van der Waals surface area contributed by atoms with Crippen molar-refractivity contribution < 1.29 is 27.8 Å². The Kier molecular flexibility index (Phi) is 16.5. The minimum Gasteiger partial charge on any atom is -0.460 e. The number of carbonyl (C=O) groups is 1. The third-order valence-corrected chi connectivity index (χ3v) is 8.19. The van der Waals surface area contributed by atoms with Gasteiger partial charge in [-0.3, -0.25) is 19.1 Å². The molecule has 1 aliphatic rings. The van der Waals surface area contributed by atoms with Crippen LogP contribution in [0.1, 0.15) is 99.6 Å². The fraction of sp³-hybridized carbons (Fsp3) is 0.710. The fourth-order valence-corrected chi connectivity index (χ4v) is 5.52. The molecule has 11 heteroatoms. The van der Waals surface area contributed by atoms with Gasteiger partial charge in [-0.05, 0) is 78.1 Å². The average Bonchev–Trinajstić information content (AvgIpc) is 3.27. The number of H-pyrrole nitrogens is 1. The second-order valence-corrected chi connectivity index (χ2v) is 12.9. The molecule has 0 radical (unpaired) electrons. The maximum atomic E-state index is 12.3. The largest absolute Gasteiger partial charge is 0.460 e. The van der Waals surface area contributed by atoms with E-state index in [2.05, 4.69) is 58.7 Å². The molecule has 0 aromatic carbocycles. The summed E-state index contributed by atoms with van der Waals surface area (Å²) in [6.45, 7) is 15.3. The Morgan fingerprint density at radius 1 is 0.976 bits per heavy atom. The quantitative estimate of drug-likeness (QED) is 0.106. The minimum atomic E-state index is -1.66. The number of allylic oxidation sites excluding steroid dienone is 4. The maximum Gasteiger partial charge on any atom is 0.332 e. The van der Waals surface area contributed by atoms with Crippen LogP contribution in [0.2, 0.25) is 0 Å². The highest BCUT2D eigenvalue weighted by Gasteiger charge is 2.39. The molecule has 5 atom stereocenters. The first kappa shape index (κ1) is 36.1. The Hall–Kier alpha value is -2.10. The highest BCUT2D eigenvalue weighted by atomic mass is 31.2. The molecule has 2 unspecified atom stereocenters. The molecule has 1 aromatic heterocycles. The SMILES string of the molecule is CC(=O)O[C@H]1C[C@H](n2ccc(=O)[nH]c2=O)O[C@@H]1COP(OCCC(C)CCC=C(C)C)OCCC(C)CCC=C(C)C. The van der Waals surface area contributed by atoms with E-state index >= 15 is 0 Å². The summed E-state index contributed by atoms with van der Waals surface area (Å²) in [5.74, 6) is 0.535.